The highest BCUT2D eigenvalue weighted by Gasteiger charge is 2.22. The van der Waals surface area contributed by atoms with Gasteiger partial charge in [0.25, 0.3) is 0 Å². The monoisotopic (exact) mass is 218 g/mol. The smallest absolute Gasteiger partial charge is 0.327 e. The van der Waals surface area contributed by atoms with Crippen molar-refractivity contribution < 1.29 is 18.3 Å². The molecule has 0 aromatic carbocycles. The van der Waals surface area contributed by atoms with Crippen LogP contribution in [0.2, 0.25) is 0 Å². The van der Waals surface area contributed by atoms with E-state index in [0.29, 0.717) is 25.2 Å². The molecule has 14 heavy (non-hydrogen) atoms. The summed E-state index contributed by atoms with van der Waals surface area (Å²) in [5, 5.41) is 8.34. The Morgan fingerprint density at radius 1 is 1.36 bits per heavy atom. The largest absolute Gasteiger partial charge is 0.478 e. The minimum Gasteiger partial charge on any atom is -0.478 e. The van der Waals surface area contributed by atoms with Gasteiger partial charge in [0.2, 0.25) is 0 Å². The third-order valence-corrected chi connectivity index (χ3v) is 4.12. The van der Waals surface area contributed by atoms with Crippen LogP contribution in [0.3, 0.4) is 0 Å². The molecule has 0 amide bonds. The first-order chi connectivity index (χ1) is 6.49. The topological polar surface area (TPSA) is 71.4 Å². The SMILES string of the molecule is O=C(O)/C=C\CC1CCS(=O)(=O)CC1. The molecule has 1 aliphatic rings. The molecular weight excluding hydrogens is 204 g/mol. The Morgan fingerprint density at radius 3 is 2.43 bits per heavy atom. The fourth-order valence-corrected chi connectivity index (χ4v) is 3.12. The predicted molar refractivity (Wildman–Crippen MR) is 52.8 cm³/mol. The number of hydrogen-bond donors (Lipinski definition) is 1. The summed E-state index contributed by atoms with van der Waals surface area (Å²) >= 11 is 0. The van der Waals surface area contributed by atoms with Crippen LogP contribution in [0.4, 0.5) is 0 Å². The number of carboxylic acid groups (broad SMARTS) is 1. The van der Waals surface area contributed by atoms with E-state index in [1.807, 2.05) is 0 Å². The normalized spacial score (nSPS) is 22.6. The summed E-state index contributed by atoms with van der Waals surface area (Å²) in [7, 11) is -2.80. The van der Waals surface area contributed by atoms with E-state index in [1.165, 1.54) is 0 Å². The Kier molecular flexibility index (Phi) is 3.69. The summed E-state index contributed by atoms with van der Waals surface area (Å²) in [6.45, 7) is 0. The lowest BCUT2D eigenvalue weighted by molar-refractivity contribution is -0.131. The molecule has 0 radical (unpaired) electrons. The Morgan fingerprint density at radius 2 is 1.93 bits per heavy atom. The van der Waals surface area contributed by atoms with Gasteiger partial charge in [0.15, 0.2) is 0 Å². The molecule has 0 aromatic heterocycles. The maximum atomic E-state index is 11.1. The highest BCUT2D eigenvalue weighted by molar-refractivity contribution is 7.91. The molecule has 1 rings (SSSR count). The molecule has 0 atom stereocenters. The fraction of sp³-hybridized carbons (Fsp3) is 0.667. The summed E-state index contributed by atoms with van der Waals surface area (Å²) in [6.07, 6.45) is 4.70. The number of sulfone groups is 1. The summed E-state index contributed by atoms with van der Waals surface area (Å²) in [5.41, 5.74) is 0. The van der Waals surface area contributed by atoms with Crippen molar-refractivity contribution in [1.82, 2.24) is 0 Å². The molecule has 1 fully saturated rings. The number of aliphatic carboxylic acids is 1. The van der Waals surface area contributed by atoms with Crippen LogP contribution in [0.5, 0.6) is 0 Å². The molecule has 0 aromatic rings. The van der Waals surface area contributed by atoms with Crippen molar-refractivity contribution in [3.05, 3.63) is 12.2 Å². The van der Waals surface area contributed by atoms with Gasteiger partial charge in [-0.1, -0.05) is 6.08 Å². The van der Waals surface area contributed by atoms with Crippen LogP contribution >= 0.6 is 0 Å². The molecule has 80 valence electrons. The predicted octanol–water partition coefficient (Wildman–Crippen LogP) is 0.842. The van der Waals surface area contributed by atoms with Gasteiger partial charge >= 0.3 is 5.97 Å². The maximum absolute atomic E-state index is 11.1. The lowest BCUT2D eigenvalue weighted by Gasteiger charge is -2.20. The quantitative estimate of drug-likeness (QED) is 0.712. The van der Waals surface area contributed by atoms with Crippen LogP contribution < -0.4 is 0 Å². The third kappa shape index (κ3) is 3.91. The van der Waals surface area contributed by atoms with E-state index in [1.54, 1.807) is 6.08 Å². The lowest BCUT2D eigenvalue weighted by atomic mass is 9.99. The first kappa shape index (κ1) is 11.2. The lowest BCUT2D eigenvalue weighted by Crippen LogP contribution is -2.22. The van der Waals surface area contributed by atoms with E-state index in [9.17, 15) is 13.2 Å². The summed E-state index contributed by atoms with van der Waals surface area (Å²) < 4.78 is 22.1. The molecule has 0 spiro atoms. The van der Waals surface area contributed by atoms with Gasteiger partial charge in [-0.05, 0) is 25.2 Å². The highest BCUT2D eigenvalue weighted by Crippen LogP contribution is 2.22. The number of allylic oxidation sites excluding steroid dienone is 1. The van der Waals surface area contributed by atoms with E-state index < -0.39 is 15.8 Å². The summed E-state index contributed by atoms with van der Waals surface area (Å²) in [5.74, 6) is -0.125. The molecule has 0 saturated carbocycles. The fourth-order valence-electron chi connectivity index (χ4n) is 1.54. The Hall–Kier alpha value is -0.840. The molecule has 0 unspecified atom stereocenters. The standard InChI is InChI=1S/C9H14O4S/c10-9(11)3-1-2-8-4-6-14(12,13)7-5-8/h1,3,8H,2,4-7H2,(H,10,11)/b3-1-. The second kappa shape index (κ2) is 4.59. The van der Waals surface area contributed by atoms with Crippen molar-refractivity contribution >= 4 is 15.8 Å². The van der Waals surface area contributed by atoms with Crippen LogP contribution in [0.25, 0.3) is 0 Å². The van der Waals surface area contributed by atoms with Crippen LogP contribution in [-0.4, -0.2) is 31.0 Å². The first-order valence-electron chi connectivity index (χ1n) is 4.59. The molecule has 1 aliphatic heterocycles. The van der Waals surface area contributed by atoms with Gasteiger partial charge in [-0.3, -0.25) is 0 Å². The number of rotatable bonds is 3. The molecule has 1 heterocycles. The van der Waals surface area contributed by atoms with Crippen LogP contribution in [-0.2, 0) is 14.6 Å². The van der Waals surface area contributed by atoms with Gasteiger partial charge in [0, 0.05) is 6.08 Å². The molecular formula is C9H14O4S. The van der Waals surface area contributed by atoms with E-state index >= 15 is 0 Å². The molecule has 1 N–H and O–H groups in total. The number of hydrogen-bond acceptors (Lipinski definition) is 3. The Bertz CT molecular complexity index is 315. The average molecular weight is 218 g/mol. The van der Waals surface area contributed by atoms with Gasteiger partial charge in [0.05, 0.1) is 11.5 Å². The highest BCUT2D eigenvalue weighted by atomic mass is 32.2. The van der Waals surface area contributed by atoms with Crippen molar-refractivity contribution in [2.45, 2.75) is 19.3 Å². The van der Waals surface area contributed by atoms with Gasteiger partial charge in [0.1, 0.15) is 9.84 Å². The number of carboxylic acids is 1. The van der Waals surface area contributed by atoms with Crippen LogP contribution in [0.1, 0.15) is 19.3 Å². The molecule has 1 saturated heterocycles. The zero-order valence-electron chi connectivity index (χ0n) is 7.85. The van der Waals surface area contributed by atoms with Gasteiger partial charge < -0.3 is 5.11 Å². The van der Waals surface area contributed by atoms with Crippen molar-refractivity contribution in [2.24, 2.45) is 5.92 Å². The number of carbonyl (C=O) groups is 1. The van der Waals surface area contributed by atoms with E-state index in [2.05, 4.69) is 0 Å². The molecule has 0 bridgehead atoms. The molecule has 5 heteroatoms. The average Bonchev–Trinajstić information content (AvgIpc) is 2.07. The third-order valence-electron chi connectivity index (χ3n) is 2.40. The van der Waals surface area contributed by atoms with Crippen molar-refractivity contribution in [3.63, 3.8) is 0 Å². The van der Waals surface area contributed by atoms with Crippen molar-refractivity contribution in [2.75, 3.05) is 11.5 Å². The van der Waals surface area contributed by atoms with E-state index in [-0.39, 0.29) is 11.5 Å². The Balaban J connectivity index is 2.33. The summed E-state index contributed by atoms with van der Waals surface area (Å²) in [4.78, 5) is 10.2. The van der Waals surface area contributed by atoms with Crippen molar-refractivity contribution in [3.8, 4) is 0 Å². The first-order valence-corrected chi connectivity index (χ1v) is 6.41. The summed E-state index contributed by atoms with van der Waals surface area (Å²) in [6, 6.07) is 0. The second-order valence-electron chi connectivity index (χ2n) is 3.57. The zero-order valence-corrected chi connectivity index (χ0v) is 8.66. The van der Waals surface area contributed by atoms with Gasteiger partial charge in [-0.2, -0.15) is 0 Å². The maximum Gasteiger partial charge on any atom is 0.327 e. The zero-order chi connectivity index (χ0) is 10.6. The minimum absolute atomic E-state index is 0.249. The second-order valence-corrected chi connectivity index (χ2v) is 5.88. The molecule has 4 nitrogen and oxygen atoms in total. The van der Waals surface area contributed by atoms with E-state index in [0.717, 1.165) is 6.08 Å². The van der Waals surface area contributed by atoms with Crippen LogP contribution in [0, 0.1) is 5.92 Å². The molecule has 0 aliphatic carbocycles. The Labute approximate surface area is 83.5 Å². The van der Waals surface area contributed by atoms with E-state index in [4.69, 9.17) is 5.11 Å². The van der Waals surface area contributed by atoms with Gasteiger partial charge in [-0.25, -0.2) is 13.2 Å². The van der Waals surface area contributed by atoms with Gasteiger partial charge in [-0.15, -0.1) is 0 Å². The minimum atomic E-state index is -2.80. The van der Waals surface area contributed by atoms with Crippen LogP contribution in [0.15, 0.2) is 12.2 Å². The van der Waals surface area contributed by atoms with Crippen molar-refractivity contribution in [1.29, 1.82) is 0 Å².